The number of hydrogen-bond acceptors (Lipinski definition) is 5. The molecule has 3 aromatic carbocycles. The van der Waals surface area contributed by atoms with Crippen LogP contribution in [0.25, 0.3) is 0 Å². The molecule has 1 fully saturated rings. The fraction of sp³-hybridized carbons (Fsp3) is 0.207. The number of rotatable bonds is 8. The fourth-order valence-corrected chi connectivity index (χ4v) is 4.76. The van der Waals surface area contributed by atoms with E-state index in [2.05, 4.69) is 20.6 Å². The lowest BCUT2D eigenvalue weighted by Crippen LogP contribution is -2.41. The van der Waals surface area contributed by atoms with Crippen molar-refractivity contribution < 1.29 is 13.9 Å². The Bertz CT molecular complexity index is 1270. The summed E-state index contributed by atoms with van der Waals surface area (Å²) in [5, 5.41) is 6.79. The predicted molar refractivity (Wildman–Crippen MR) is 146 cm³/mol. The zero-order valence-corrected chi connectivity index (χ0v) is 21.0. The highest BCUT2D eigenvalue weighted by molar-refractivity contribution is 7.80. The minimum absolute atomic E-state index is 0.0971. The van der Waals surface area contributed by atoms with Gasteiger partial charge in [0.1, 0.15) is 17.3 Å². The van der Waals surface area contributed by atoms with E-state index in [0.29, 0.717) is 34.9 Å². The molecule has 5 rings (SSSR count). The molecular weight excluding hydrogens is 487 g/mol. The molecule has 0 bridgehead atoms. The topological polar surface area (TPSA) is 68.3 Å². The molecule has 2 N–H and O–H groups in total. The summed E-state index contributed by atoms with van der Waals surface area (Å²) in [5.41, 5.74) is 1.02. The van der Waals surface area contributed by atoms with Crippen molar-refractivity contribution in [3.05, 3.63) is 102 Å². The van der Waals surface area contributed by atoms with E-state index in [1.165, 1.54) is 12.1 Å². The summed E-state index contributed by atoms with van der Waals surface area (Å²) in [6, 6.07) is 27.2. The second-order valence-corrected chi connectivity index (χ2v) is 9.41. The van der Waals surface area contributed by atoms with Crippen LogP contribution in [-0.4, -0.2) is 21.6 Å². The van der Waals surface area contributed by atoms with Crippen molar-refractivity contribution in [2.45, 2.75) is 31.1 Å². The zero-order valence-electron chi connectivity index (χ0n) is 20.2. The van der Waals surface area contributed by atoms with Crippen molar-refractivity contribution in [3.8, 4) is 23.3 Å². The van der Waals surface area contributed by atoms with Crippen molar-refractivity contribution in [3.63, 3.8) is 0 Å². The van der Waals surface area contributed by atoms with Crippen molar-refractivity contribution >= 4 is 23.3 Å². The van der Waals surface area contributed by atoms with Crippen LogP contribution in [0.2, 0.25) is 0 Å². The molecule has 1 heterocycles. The van der Waals surface area contributed by atoms with Crippen LogP contribution in [0.15, 0.2) is 91.0 Å². The number of nitrogens with one attached hydrogen (secondary N) is 2. The Kier molecular flexibility index (Phi) is 7.56. The molecule has 1 aliphatic carbocycles. The van der Waals surface area contributed by atoms with Crippen molar-refractivity contribution in [2.75, 3.05) is 11.9 Å². The first-order valence-electron chi connectivity index (χ1n) is 12.2. The molecule has 1 aromatic heterocycles. The van der Waals surface area contributed by atoms with Gasteiger partial charge in [0.05, 0.1) is 6.07 Å². The second kappa shape index (κ2) is 11.3. The standard InChI is InChI=1S/C29H27FN4O2S/c30-22-15-13-21(14-16-22)29(17-7-8-18-29)20-31-28(37)34-27-32-25(35-23-9-3-1-4-10-23)19-26(33-27)36-24-11-5-2-6-12-24/h1-6,9-16,19H,7-8,17-18,20H2,(H2,31,32,33,34,37). The van der Waals surface area contributed by atoms with Gasteiger partial charge in [-0.15, -0.1) is 0 Å². The fourth-order valence-electron chi connectivity index (χ4n) is 4.60. The van der Waals surface area contributed by atoms with Gasteiger partial charge in [-0.05, 0) is 67.0 Å². The van der Waals surface area contributed by atoms with Gasteiger partial charge in [0.15, 0.2) is 5.11 Å². The summed E-state index contributed by atoms with van der Waals surface area (Å²) in [5.74, 6) is 1.93. The molecule has 1 saturated carbocycles. The van der Waals surface area contributed by atoms with Crippen LogP contribution in [-0.2, 0) is 5.41 Å². The summed E-state index contributed by atoms with van der Waals surface area (Å²) >= 11 is 5.59. The number of hydrogen-bond donors (Lipinski definition) is 2. The third-order valence-electron chi connectivity index (χ3n) is 6.44. The summed E-state index contributed by atoms with van der Waals surface area (Å²) in [6.07, 6.45) is 4.28. The van der Waals surface area contributed by atoms with Crippen LogP contribution in [0, 0.1) is 5.82 Å². The average Bonchev–Trinajstić information content (AvgIpc) is 3.39. The van der Waals surface area contributed by atoms with E-state index in [1.807, 2.05) is 72.8 Å². The number of halogens is 1. The van der Waals surface area contributed by atoms with Gasteiger partial charge in [0.2, 0.25) is 17.7 Å². The van der Waals surface area contributed by atoms with Gasteiger partial charge in [-0.2, -0.15) is 9.97 Å². The lowest BCUT2D eigenvalue weighted by Gasteiger charge is -2.30. The van der Waals surface area contributed by atoms with Gasteiger partial charge < -0.3 is 20.1 Å². The van der Waals surface area contributed by atoms with Crippen molar-refractivity contribution in [1.29, 1.82) is 0 Å². The number of thiocarbonyl (C=S) groups is 1. The predicted octanol–water partition coefficient (Wildman–Crippen LogP) is 7.00. The van der Waals surface area contributed by atoms with Crippen LogP contribution < -0.4 is 20.1 Å². The maximum Gasteiger partial charge on any atom is 0.235 e. The minimum Gasteiger partial charge on any atom is -0.439 e. The summed E-state index contributed by atoms with van der Waals surface area (Å²) in [7, 11) is 0. The Morgan fingerprint density at radius 1 is 0.811 bits per heavy atom. The maximum atomic E-state index is 13.5. The molecule has 37 heavy (non-hydrogen) atoms. The molecule has 0 amide bonds. The Labute approximate surface area is 220 Å². The van der Waals surface area contributed by atoms with Gasteiger partial charge in [-0.25, -0.2) is 4.39 Å². The molecule has 0 spiro atoms. The molecule has 0 saturated heterocycles. The molecular formula is C29H27FN4O2S. The maximum absolute atomic E-state index is 13.5. The summed E-state index contributed by atoms with van der Waals surface area (Å²) in [6.45, 7) is 0.623. The van der Waals surface area contributed by atoms with E-state index in [1.54, 1.807) is 6.07 Å². The molecule has 0 atom stereocenters. The van der Waals surface area contributed by atoms with E-state index in [4.69, 9.17) is 21.7 Å². The molecule has 6 nitrogen and oxygen atoms in total. The minimum atomic E-state index is -0.231. The van der Waals surface area contributed by atoms with Crippen LogP contribution in [0.1, 0.15) is 31.2 Å². The number of anilines is 1. The Morgan fingerprint density at radius 2 is 1.35 bits per heavy atom. The first-order valence-corrected chi connectivity index (χ1v) is 12.6. The van der Waals surface area contributed by atoms with Crippen LogP contribution in [0.5, 0.6) is 23.3 Å². The highest BCUT2D eigenvalue weighted by Gasteiger charge is 2.35. The molecule has 8 heteroatoms. The van der Waals surface area contributed by atoms with E-state index in [0.717, 1.165) is 31.2 Å². The molecule has 0 aliphatic heterocycles. The van der Waals surface area contributed by atoms with E-state index in [9.17, 15) is 4.39 Å². The number of ether oxygens (including phenoxy) is 2. The average molecular weight is 515 g/mol. The van der Waals surface area contributed by atoms with Crippen LogP contribution >= 0.6 is 12.2 Å². The quantitative estimate of drug-likeness (QED) is 0.245. The van der Waals surface area contributed by atoms with Gasteiger partial charge in [0.25, 0.3) is 0 Å². The highest BCUT2D eigenvalue weighted by atomic mass is 32.1. The normalized spacial score (nSPS) is 14.1. The number of aromatic nitrogens is 2. The van der Waals surface area contributed by atoms with Gasteiger partial charge in [-0.3, -0.25) is 0 Å². The molecule has 4 aromatic rings. The summed E-state index contributed by atoms with van der Waals surface area (Å²) < 4.78 is 25.4. The third-order valence-corrected chi connectivity index (χ3v) is 6.69. The Balaban J connectivity index is 1.32. The lowest BCUT2D eigenvalue weighted by atomic mass is 9.79. The smallest absolute Gasteiger partial charge is 0.235 e. The lowest BCUT2D eigenvalue weighted by molar-refractivity contribution is 0.433. The second-order valence-electron chi connectivity index (χ2n) is 9.00. The number of benzene rings is 3. The highest BCUT2D eigenvalue weighted by Crippen LogP contribution is 2.40. The van der Waals surface area contributed by atoms with Crippen LogP contribution in [0.3, 0.4) is 0 Å². The van der Waals surface area contributed by atoms with Gasteiger partial charge in [-0.1, -0.05) is 61.4 Å². The zero-order chi connectivity index (χ0) is 25.5. The van der Waals surface area contributed by atoms with E-state index < -0.39 is 0 Å². The van der Waals surface area contributed by atoms with Crippen molar-refractivity contribution in [1.82, 2.24) is 15.3 Å². The van der Waals surface area contributed by atoms with E-state index >= 15 is 0 Å². The molecule has 1 aliphatic rings. The first-order chi connectivity index (χ1) is 18.1. The monoisotopic (exact) mass is 514 g/mol. The molecule has 0 unspecified atom stereocenters. The summed E-state index contributed by atoms with van der Waals surface area (Å²) in [4.78, 5) is 8.96. The first kappa shape index (κ1) is 24.6. The largest absolute Gasteiger partial charge is 0.439 e. The Morgan fingerprint density at radius 3 is 1.89 bits per heavy atom. The van der Waals surface area contributed by atoms with E-state index in [-0.39, 0.29) is 17.2 Å². The number of para-hydroxylation sites is 2. The van der Waals surface area contributed by atoms with Gasteiger partial charge >= 0.3 is 0 Å². The molecule has 188 valence electrons. The third kappa shape index (κ3) is 6.40. The molecule has 0 radical (unpaired) electrons. The van der Waals surface area contributed by atoms with Crippen LogP contribution in [0.4, 0.5) is 10.3 Å². The van der Waals surface area contributed by atoms with Gasteiger partial charge in [0, 0.05) is 12.0 Å². The number of nitrogens with zero attached hydrogens (tertiary/aromatic N) is 2. The Hall–Kier alpha value is -4.04. The SMILES string of the molecule is Fc1ccc(C2(CNC(=S)Nc3nc(Oc4ccccc4)cc(Oc4ccccc4)n3)CCCC2)cc1. The van der Waals surface area contributed by atoms with Crippen molar-refractivity contribution in [2.24, 2.45) is 0 Å².